The molecule has 0 radical (unpaired) electrons. The molecule has 0 atom stereocenters. The average Bonchev–Trinajstić information content (AvgIpc) is 2.88. The maximum Gasteiger partial charge on any atom is 0.417 e. The van der Waals surface area contributed by atoms with E-state index >= 15 is 0 Å². The Morgan fingerprint density at radius 1 is 1.04 bits per heavy atom. The highest BCUT2D eigenvalue weighted by atomic mass is 35.5. The fraction of sp³-hybridized carbons (Fsp3) is 0.133. The second kappa shape index (κ2) is 5.66. The molecule has 0 aliphatic rings. The Morgan fingerprint density at radius 3 is 2.43 bits per heavy atom. The van der Waals surface area contributed by atoms with E-state index in [0.717, 1.165) is 6.07 Å². The van der Waals surface area contributed by atoms with Crippen LogP contribution in [0, 0.1) is 0 Å². The van der Waals surface area contributed by atoms with Crippen molar-refractivity contribution in [1.82, 2.24) is 19.7 Å². The summed E-state index contributed by atoms with van der Waals surface area (Å²) in [4.78, 5) is 8.13. The highest BCUT2D eigenvalue weighted by Gasteiger charge is 2.34. The summed E-state index contributed by atoms with van der Waals surface area (Å²) in [6, 6.07) is 8.55. The lowest BCUT2D eigenvalue weighted by Crippen LogP contribution is -2.08. The van der Waals surface area contributed by atoms with Gasteiger partial charge < -0.3 is 0 Å². The zero-order chi connectivity index (χ0) is 16.6. The Hall–Kier alpha value is -2.41. The quantitative estimate of drug-likeness (QED) is 0.657. The number of pyridine rings is 1. The molecule has 0 amide bonds. The molecule has 118 valence electrons. The fourth-order valence-electron chi connectivity index (χ4n) is 2.21. The Bertz CT molecular complexity index is 858. The number of halogens is 4. The van der Waals surface area contributed by atoms with Crippen LogP contribution in [-0.4, -0.2) is 19.7 Å². The summed E-state index contributed by atoms with van der Waals surface area (Å²) in [6.07, 6.45) is -2.97. The molecule has 2 aromatic heterocycles. The van der Waals surface area contributed by atoms with Crippen LogP contribution in [0.1, 0.15) is 5.56 Å². The van der Waals surface area contributed by atoms with E-state index in [4.69, 9.17) is 11.6 Å². The van der Waals surface area contributed by atoms with Crippen LogP contribution in [0.4, 0.5) is 13.2 Å². The summed E-state index contributed by atoms with van der Waals surface area (Å²) in [5.41, 5.74) is -0.346. The first-order valence-corrected chi connectivity index (χ1v) is 6.94. The van der Waals surface area contributed by atoms with Gasteiger partial charge in [-0.3, -0.25) is 0 Å². The molecule has 4 nitrogen and oxygen atoms in total. The predicted molar refractivity (Wildman–Crippen MR) is 79.7 cm³/mol. The van der Waals surface area contributed by atoms with Crippen molar-refractivity contribution in [3.63, 3.8) is 0 Å². The molecule has 0 N–H and O–H groups in total. The van der Waals surface area contributed by atoms with E-state index in [-0.39, 0.29) is 22.4 Å². The van der Waals surface area contributed by atoms with Gasteiger partial charge in [0, 0.05) is 18.8 Å². The Kier molecular flexibility index (Phi) is 3.81. The molecule has 1 aromatic carbocycles. The van der Waals surface area contributed by atoms with E-state index in [1.807, 2.05) is 0 Å². The molecule has 0 saturated heterocycles. The fourth-order valence-corrected chi connectivity index (χ4v) is 2.42. The minimum atomic E-state index is -4.48. The van der Waals surface area contributed by atoms with Crippen LogP contribution in [0.5, 0.6) is 0 Å². The summed E-state index contributed by atoms with van der Waals surface area (Å²) < 4.78 is 40.8. The molecular formula is C15H10ClF3N4. The third-order valence-corrected chi connectivity index (χ3v) is 3.54. The van der Waals surface area contributed by atoms with E-state index in [9.17, 15) is 13.2 Å². The van der Waals surface area contributed by atoms with E-state index < -0.39 is 11.7 Å². The van der Waals surface area contributed by atoms with Crippen molar-refractivity contribution in [1.29, 1.82) is 0 Å². The van der Waals surface area contributed by atoms with Gasteiger partial charge in [0.25, 0.3) is 0 Å². The monoisotopic (exact) mass is 338 g/mol. The lowest BCUT2D eigenvalue weighted by Gasteiger charge is -2.11. The number of rotatable bonds is 2. The van der Waals surface area contributed by atoms with Gasteiger partial charge in [-0.1, -0.05) is 29.8 Å². The lowest BCUT2D eigenvalue weighted by atomic mass is 10.1. The van der Waals surface area contributed by atoms with Gasteiger partial charge in [0.15, 0.2) is 11.6 Å². The number of aromatic nitrogens is 4. The number of hydrogen-bond acceptors (Lipinski definition) is 3. The molecule has 3 rings (SSSR count). The van der Waals surface area contributed by atoms with E-state index in [1.54, 1.807) is 12.1 Å². The molecule has 23 heavy (non-hydrogen) atoms. The molecule has 0 saturated carbocycles. The minimum Gasteiger partial charge on any atom is -0.248 e. The molecule has 0 aliphatic heterocycles. The average molecular weight is 339 g/mol. The first-order valence-electron chi connectivity index (χ1n) is 6.56. The van der Waals surface area contributed by atoms with Gasteiger partial charge in [0.2, 0.25) is 0 Å². The first-order chi connectivity index (χ1) is 10.9. The van der Waals surface area contributed by atoms with Crippen LogP contribution in [0.15, 0.2) is 42.6 Å². The second-order valence-electron chi connectivity index (χ2n) is 4.77. The maximum absolute atomic E-state index is 13.2. The van der Waals surface area contributed by atoms with Crippen molar-refractivity contribution in [3.8, 4) is 22.8 Å². The summed E-state index contributed by atoms with van der Waals surface area (Å²) in [6.45, 7) is 0. The van der Waals surface area contributed by atoms with Gasteiger partial charge in [0.1, 0.15) is 5.15 Å². The number of aryl methyl sites for hydroxylation is 1. The second-order valence-corrected chi connectivity index (χ2v) is 5.13. The Labute approximate surface area is 134 Å². The SMILES string of the molecule is Cn1nc(-c2cccnc2Cl)nc1-c1ccccc1C(F)(F)F. The van der Waals surface area contributed by atoms with Gasteiger partial charge in [-0.15, -0.1) is 0 Å². The van der Waals surface area contributed by atoms with E-state index in [1.165, 1.54) is 36.1 Å². The largest absolute Gasteiger partial charge is 0.417 e. The molecule has 2 heterocycles. The van der Waals surface area contributed by atoms with Crippen LogP contribution in [0.3, 0.4) is 0 Å². The van der Waals surface area contributed by atoms with Crippen molar-refractivity contribution in [2.24, 2.45) is 7.05 Å². The van der Waals surface area contributed by atoms with Crippen molar-refractivity contribution in [2.75, 3.05) is 0 Å². The van der Waals surface area contributed by atoms with Gasteiger partial charge >= 0.3 is 6.18 Å². The van der Waals surface area contributed by atoms with E-state index in [0.29, 0.717) is 5.56 Å². The topological polar surface area (TPSA) is 43.6 Å². The summed E-state index contributed by atoms with van der Waals surface area (Å²) in [7, 11) is 1.53. The lowest BCUT2D eigenvalue weighted by molar-refractivity contribution is -0.137. The summed E-state index contributed by atoms with van der Waals surface area (Å²) in [5, 5.41) is 4.34. The number of alkyl halides is 3. The highest BCUT2D eigenvalue weighted by Crippen LogP contribution is 2.36. The molecular weight excluding hydrogens is 329 g/mol. The van der Waals surface area contributed by atoms with Gasteiger partial charge in [-0.2, -0.15) is 18.3 Å². The minimum absolute atomic E-state index is 0.0405. The molecule has 0 aliphatic carbocycles. The maximum atomic E-state index is 13.2. The Morgan fingerprint density at radius 2 is 1.74 bits per heavy atom. The third kappa shape index (κ3) is 2.92. The van der Waals surface area contributed by atoms with Gasteiger partial charge in [-0.25, -0.2) is 14.6 Å². The molecule has 3 aromatic rings. The van der Waals surface area contributed by atoms with Crippen LogP contribution in [0.25, 0.3) is 22.8 Å². The van der Waals surface area contributed by atoms with Crippen LogP contribution >= 0.6 is 11.6 Å². The van der Waals surface area contributed by atoms with Crippen molar-refractivity contribution in [3.05, 3.63) is 53.3 Å². The van der Waals surface area contributed by atoms with Crippen molar-refractivity contribution >= 4 is 11.6 Å². The number of benzene rings is 1. The molecule has 0 spiro atoms. The summed E-state index contributed by atoms with van der Waals surface area (Å²) in [5.74, 6) is 0.324. The number of nitrogens with zero attached hydrogens (tertiary/aromatic N) is 4. The van der Waals surface area contributed by atoms with E-state index in [2.05, 4.69) is 15.1 Å². The van der Waals surface area contributed by atoms with Gasteiger partial charge in [0.05, 0.1) is 11.1 Å². The molecule has 8 heteroatoms. The summed E-state index contributed by atoms with van der Waals surface area (Å²) >= 11 is 5.99. The van der Waals surface area contributed by atoms with Crippen molar-refractivity contribution in [2.45, 2.75) is 6.18 Å². The van der Waals surface area contributed by atoms with Crippen LogP contribution in [-0.2, 0) is 13.2 Å². The Balaban J connectivity index is 2.16. The highest BCUT2D eigenvalue weighted by molar-refractivity contribution is 6.31. The molecule has 0 bridgehead atoms. The standard InChI is InChI=1S/C15H10ClF3N4/c1-23-14(9-5-2-3-7-11(9)15(17,18)19)21-13(22-23)10-6-4-8-20-12(10)16/h2-8H,1H3. The smallest absolute Gasteiger partial charge is 0.248 e. The van der Waals surface area contributed by atoms with Gasteiger partial charge in [-0.05, 0) is 18.2 Å². The van der Waals surface area contributed by atoms with Crippen LogP contribution < -0.4 is 0 Å². The number of hydrogen-bond donors (Lipinski definition) is 0. The molecule has 0 unspecified atom stereocenters. The predicted octanol–water partition coefficient (Wildman–Crippen LogP) is 4.22. The van der Waals surface area contributed by atoms with Crippen LogP contribution in [0.2, 0.25) is 5.15 Å². The normalized spacial score (nSPS) is 11.7. The first kappa shape index (κ1) is 15.5. The zero-order valence-electron chi connectivity index (χ0n) is 11.8. The molecule has 0 fully saturated rings. The zero-order valence-corrected chi connectivity index (χ0v) is 12.6. The third-order valence-electron chi connectivity index (χ3n) is 3.24. The van der Waals surface area contributed by atoms with Crippen molar-refractivity contribution < 1.29 is 13.2 Å².